The summed E-state index contributed by atoms with van der Waals surface area (Å²) >= 11 is 5.86. The summed E-state index contributed by atoms with van der Waals surface area (Å²) in [6.07, 6.45) is 6.68. The molecule has 3 heterocycles. The van der Waals surface area contributed by atoms with E-state index in [0.29, 0.717) is 6.04 Å². The lowest BCUT2D eigenvalue weighted by Crippen LogP contribution is -2.37. The van der Waals surface area contributed by atoms with Gasteiger partial charge in [-0.15, -0.1) is 0 Å². The molecule has 31 heavy (non-hydrogen) atoms. The number of pyridine rings is 1. The molecule has 1 aromatic carbocycles. The van der Waals surface area contributed by atoms with Gasteiger partial charge in [0.2, 0.25) is 0 Å². The minimum Gasteiger partial charge on any atom is -0.352 e. The zero-order valence-electron chi connectivity index (χ0n) is 17.9. The van der Waals surface area contributed by atoms with Gasteiger partial charge in [-0.1, -0.05) is 18.9 Å². The van der Waals surface area contributed by atoms with Crippen LogP contribution in [0.2, 0.25) is 0 Å². The average molecular weight is 435 g/mol. The molecule has 3 aromatic rings. The van der Waals surface area contributed by atoms with Gasteiger partial charge in [0.15, 0.2) is 5.11 Å². The van der Waals surface area contributed by atoms with E-state index in [1.807, 2.05) is 30.5 Å². The highest BCUT2D eigenvalue weighted by Crippen LogP contribution is 2.44. The van der Waals surface area contributed by atoms with Gasteiger partial charge in [-0.25, -0.2) is 4.39 Å². The van der Waals surface area contributed by atoms with Crippen LogP contribution in [0.25, 0.3) is 5.69 Å². The van der Waals surface area contributed by atoms with Crippen LogP contribution in [-0.4, -0.2) is 25.6 Å². The molecule has 4 nitrogen and oxygen atoms in total. The maximum Gasteiger partial charge on any atom is 0.170 e. The monoisotopic (exact) mass is 434 g/mol. The molecule has 1 aliphatic carbocycles. The molecular weight excluding hydrogens is 407 g/mol. The SMILES string of the molecule is Cc1cc([C@@H]2[C@@H](c3ccccn3)NC(=S)N2C2CCCC2)c(C)n1-c1ccc(F)cc1. The zero-order valence-corrected chi connectivity index (χ0v) is 18.7. The Balaban J connectivity index is 1.63. The van der Waals surface area contributed by atoms with Crippen molar-refractivity contribution in [2.24, 2.45) is 0 Å². The van der Waals surface area contributed by atoms with Crippen LogP contribution in [0.5, 0.6) is 0 Å². The number of hydrogen-bond acceptors (Lipinski definition) is 2. The molecule has 0 spiro atoms. The molecule has 1 aliphatic heterocycles. The highest BCUT2D eigenvalue weighted by Gasteiger charge is 2.44. The van der Waals surface area contributed by atoms with E-state index in [9.17, 15) is 4.39 Å². The van der Waals surface area contributed by atoms with Gasteiger partial charge in [0.25, 0.3) is 0 Å². The second kappa shape index (κ2) is 8.08. The van der Waals surface area contributed by atoms with Crippen LogP contribution >= 0.6 is 12.2 Å². The van der Waals surface area contributed by atoms with Gasteiger partial charge >= 0.3 is 0 Å². The summed E-state index contributed by atoms with van der Waals surface area (Å²) in [5, 5.41) is 4.40. The number of thiocarbonyl (C=S) groups is 1. The average Bonchev–Trinajstić information content (AvgIpc) is 3.48. The van der Waals surface area contributed by atoms with Crippen LogP contribution in [0, 0.1) is 19.7 Å². The van der Waals surface area contributed by atoms with Gasteiger partial charge in [0.1, 0.15) is 5.82 Å². The van der Waals surface area contributed by atoms with Gasteiger partial charge in [-0.3, -0.25) is 4.98 Å². The van der Waals surface area contributed by atoms with Crippen LogP contribution in [-0.2, 0) is 0 Å². The number of rotatable bonds is 4. The third-order valence-electron chi connectivity index (χ3n) is 6.73. The number of nitrogens with zero attached hydrogens (tertiary/aromatic N) is 3. The normalized spacial score (nSPS) is 21.6. The van der Waals surface area contributed by atoms with Gasteiger partial charge in [0, 0.05) is 29.3 Å². The van der Waals surface area contributed by atoms with E-state index in [0.717, 1.165) is 27.9 Å². The molecule has 2 aromatic heterocycles. The summed E-state index contributed by atoms with van der Waals surface area (Å²) in [6.45, 7) is 4.26. The smallest absolute Gasteiger partial charge is 0.170 e. The summed E-state index contributed by atoms with van der Waals surface area (Å²) in [6, 6.07) is 15.5. The lowest BCUT2D eigenvalue weighted by molar-refractivity contribution is 0.245. The van der Waals surface area contributed by atoms with Crippen molar-refractivity contribution >= 4 is 17.3 Å². The molecule has 6 heteroatoms. The first kappa shape index (κ1) is 20.2. The van der Waals surface area contributed by atoms with E-state index >= 15 is 0 Å². The number of nitrogens with one attached hydrogen (secondary N) is 1. The molecule has 0 amide bonds. The van der Waals surface area contributed by atoms with Crippen LogP contribution in [0.4, 0.5) is 4.39 Å². The third-order valence-corrected chi connectivity index (χ3v) is 7.06. The Hall–Kier alpha value is -2.73. The summed E-state index contributed by atoms with van der Waals surface area (Å²) in [5.74, 6) is -0.223. The summed E-state index contributed by atoms with van der Waals surface area (Å²) in [4.78, 5) is 7.09. The van der Waals surface area contributed by atoms with Crippen LogP contribution in [0.3, 0.4) is 0 Å². The molecule has 2 fully saturated rings. The van der Waals surface area contributed by atoms with Gasteiger partial charge in [-0.05, 0) is 86.9 Å². The van der Waals surface area contributed by atoms with E-state index in [2.05, 4.69) is 45.7 Å². The lowest BCUT2D eigenvalue weighted by atomic mass is 9.95. The van der Waals surface area contributed by atoms with Crippen molar-refractivity contribution in [2.75, 3.05) is 0 Å². The molecule has 1 saturated heterocycles. The molecule has 0 unspecified atom stereocenters. The van der Waals surface area contributed by atoms with E-state index in [1.165, 1.54) is 43.4 Å². The molecule has 160 valence electrons. The Kier molecular flexibility index (Phi) is 5.26. The fraction of sp³-hybridized carbons (Fsp3) is 0.360. The number of benzene rings is 1. The topological polar surface area (TPSA) is 33.1 Å². The van der Waals surface area contributed by atoms with Crippen molar-refractivity contribution < 1.29 is 4.39 Å². The fourth-order valence-corrected chi connectivity index (χ4v) is 5.74. The van der Waals surface area contributed by atoms with Crippen molar-refractivity contribution in [1.82, 2.24) is 19.8 Å². The molecule has 2 aliphatic rings. The quantitative estimate of drug-likeness (QED) is 0.546. The summed E-state index contributed by atoms with van der Waals surface area (Å²) < 4.78 is 15.7. The van der Waals surface area contributed by atoms with Gasteiger partial charge in [-0.2, -0.15) is 0 Å². The summed E-state index contributed by atoms with van der Waals surface area (Å²) in [5.41, 5.74) is 5.50. The van der Waals surface area contributed by atoms with E-state index in [4.69, 9.17) is 12.2 Å². The first-order valence-electron chi connectivity index (χ1n) is 11.0. The van der Waals surface area contributed by atoms with Crippen molar-refractivity contribution in [2.45, 2.75) is 57.7 Å². The number of halogens is 1. The minimum atomic E-state index is -0.223. The van der Waals surface area contributed by atoms with E-state index in [1.54, 1.807) is 0 Å². The second-order valence-corrected chi connectivity index (χ2v) is 9.00. The number of hydrogen-bond donors (Lipinski definition) is 1. The van der Waals surface area contributed by atoms with Crippen LogP contribution in [0.15, 0.2) is 54.7 Å². The fourth-order valence-electron chi connectivity index (χ4n) is 5.35. The highest BCUT2D eigenvalue weighted by atomic mass is 32.1. The molecular formula is C25H27FN4S. The summed E-state index contributed by atoms with van der Waals surface area (Å²) in [7, 11) is 0. The Morgan fingerprint density at radius 1 is 1.06 bits per heavy atom. The number of aryl methyl sites for hydroxylation is 1. The van der Waals surface area contributed by atoms with Gasteiger partial charge in [0.05, 0.1) is 17.8 Å². The van der Waals surface area contributed by atoms with E-state index in [-0.39, 0.29) is 17.9 Å². The Morgan fingerprint density at radius 3 is 2.48 bits per heavy atom. The first-order valence-corrected chi connectivity index (χ1v) is 11.4. The molecule has 0 bridgehead atoms. The first-order chi connectivity index (χ1) is 15.0. The Morgan fingerprint density at radius 2 is 1.81 bits per heavy atom. The van der Waals surface area contributed by atoms with Crippen molar-refractivity contribution in [3.05, 3.63) is 83.2 Å². The minimum absolute atomic E-state index is 0.00327. The Bertz CT molecular complexity index is 1090. The Labute approximate surface area is 188 Å². The van der Waals surface area contributed by atoms with Gasteiger partial charge < -0.3 is 14.8 Å². The van der Waals surface area contributed by atoms with Crippen molar-refractivity contribution in [3.63, 3.8) is 0 Å². The molecule has 1 saturated carbocycles. The maximum absolute atomic E-state index is 13.5. The molecule has 1 N–H and O–H groups in total. The third kappa shape index (κ3) is 3.53. The molecule has 5 rings (SSSR count). The second-order valence-electron chi connectivity index (χ2n) is 8.61. The largest absolute Gasteiger partial charge is 0.352 e. The van der Waals surface area contributed by atoms with E-state index < -0.39 is 0 Å². The predicted octanol–water partition coefficient (Wildman–Crippen LogP) is 5.54. The molecule has 2 atom stereocenters. The standard InChI is InChI=1S/C25H27FN4S/c1-16-15-21(17(2)29(16)20-12-10-18(26)11-13-20)24-23(22-9-5-6-14-27-22)28-25(31)30(24)19-7-3-4-8-19/h5-6,9-15,19,23-24H,3-4,7-8H2,1-2H3,(H,28,31)/t23-,24-/m1/s1. The van der Waals surface area contributed by atoms with Crippen molar-refractivity contribution in [1.29, 1.82) is 0 Å². The van der Waals surface area contributed by atoms with Crippen LogP contribution in [0.1, 0.15) is 60.4 Å². The number of aromatic nitrogens is 2. The predicted molar refractivity (Wildman–Crippen MR) is 125 cm³/mol. The lowest BCUT2D eigenvalue weighted by Gasteiger charge is -2.33. The highest BCUT2D eigenvalue weighted by molar-refractivity contribution is 7.80. The molecule has 0 radical (unpaired) electrons. The van der Waals surface area contributed by atoms with Crippen LogP contribution < -0.4 is 5.32 Å². The maximum atomic E-state index is 13.5. The van der Waals surface area contributed by atoms with Crippen molar-refractivity contribution in [3.8, 4) is 5.69 Å². The zero-order chi connectivity index (χ0) is 21.5.